The lowest BCUT2D eigenvalue weighted by Gasteiger charge is -2.26. The third kappa shape index (κ3) is 3.71. The molecule has 2 aromatic rings. The van der Waals surface area contributed by atoms with Crippen LogP contribution in [0.2, 0.25) is 0 Å². The van der Waals surface area contributed by atoms with Gasteiger partial charge in [-0.15, -0.1) is 0 Å². The highest BCUT2D eigenvalue weighted by molar-refractivity contribution is 5.79. The number of carbonyl (C=O) groups excluding carboxylic acids is 1. The number of amides is 1. The molecular weight excluding hydrogens is 290 g/mol. The van der Waals surface area contributed by atoms with E-state index in [2.05, 4.69) is 17.4 Å². The molecule has 120 valence electrons. The number of fused-ring (bicyclic) bond motifs is 1. The average molecular weight is 311 g/mol. The summed E-state index contributed by atoms with van der Waals surface area (Å²) in [5, 5.41) is 2.97. The van der Waals surface area contributed by atoms with Crippen molar-refractivity contribution in [3.63, 3.8) is 0 Å². The number of carbonyl (C=O) groups is 1. The maximum Gasteiger partial charge on any atom is 0.224 e. The van der Waals surface area contributed by atoms with Gasteiger partial charge in [0, 0.05) is 12.1 Å². The Bertz CT molecular complexity index is 684. The van der Waals surface area contributed by atoms with Crippen LogP contribution in [0.5, 0.6) is 5.75 Å². The van der Waals surface area contributed by atoms with Gasteiger partial charge in [-0.1, -0.05) is 42.5 Å². The molecule has 0 aliphatic carbocycles. The highest BCUT2D eigenvalue weighted by atomic mass is 16.5. The van der Waals surface area contributed by atoms with E-state index in [9.17, 15) is 4.79 Å². The fourth-order valence-corrected chi connectivity index (χ4v) is 2.94. The van der Waals surface area contributed by atoms with Gasteiger partial charge in [-0.2, -0.15) is 0 Å². The van der Waals surface area contributed by atoms with Crippen LogP contribution in [0.1, 0.15) is 22.8 Å². The van der Waals surface area contributed by atoms with Gasteiger partial charge >= 0.3 is 0 Å². The zero-order valence-electron chi connectivity index (χ0n) is 13.2. The fourth-order valence-electron chi connectivity index (χ4n) is 2.94. The molecule has 1 amide bonds. The van der Waals surface area contributed by atoms with Gasteiger partial charge in [-0.05, 0) is 23.6 Å². The molecule has 0 aromatic heterocycles. The highest BCUT2D eigenvalue weighted by Gasteiger charge is 2.21. The lowest BCUT2D eigenvalue weighted by molar-refractivity contribution is -0.121. The summed E-state index contributed by atoms with van der Waals surface area (Å²) in [6, 6.07) is 15.8. The molecule has 1 N–H and O–H groups in total. The van der Waals surface area contributed by atoms with Crippen molar-refractivity contribution in [1.29, 1.82) is 0 Å². The molecule has 4 heteroatoms. The first-order chi connectivity index (χ1) is 11.3. The molecule has 1 heterocycles. The van der Waals surface area contributed by atoms with Gasteiger partial charge < -0.3 is 14.8 Å². The molecule has 23 heavy (non-hydrogen) atoms. The van der Waals surface area contributed by atoms with Crippen LogP contribution < -0.4 is 10.1 Å². The zero-order chi connectivity index (χ0) is 16.1. The van der Waals surface area contributed by atoms with Crippen LogP contribution >= 0.6 is 0 Å². The van der Waals surface area contributed by atoms with Gasteiger partial charge in [0.05, 0.1) is 20.1 Å². The van der Waals surface area contributed by atoms with Crippen molar-refractivity contribution in [1.82, 2.24) is 5.32 Å². The molecule has 0 spiro atoms. The van der Waals surface area contributed by atoms with Gasteiger partial charge in [0.1, 0.15) is 11.9 Å². The number of rotatable bonds is 5. The maximum absolute atomic E-state index is 12.2. The minimum Gasteiger partial charge on any atom is -0.496 e. The van der Waals surface area contributed by atoms with Crippen LogP contribution in [0, 0.1) is 0 Å². The third-order valence-electron chi connectivity index (χ3n) is 4.12. The van der Waals surface area contributed by atoms with Crippen molar-refractivity contribution in [3.05, 3.63) is 65.2 Å². The fraction of sp³-hybridized carbons (Fsp3) is 0.316. The number of nitrogens with one attached hydrogen (secondary N) is 1. The Morgan fingerprint density at radius 2 is 2.00 bits per heavy atom. The summed E-state index contributed by atoms with van der Waals surface area (Å²) in [5.74, 6) is 0.711. The Balaban J connectivity index is 1.60. The third-order valence-corrected chi connectivity index (χ3v) is 4.12. The second-order valence-electron chi connectivity index (χ2n) is 5.60. The van der Waals surface area contributed by atoms with E-state index in [4.69, 9.17) is 9.47 Å². The van der Waals surface area contributed by atoms with Crippen LogP contribution in [-0.2, 0) is 22.4 Å². The van der Waals surface area contributed by atoms with E-state index >= 15 is 0 Å². The van der Waals surface area contributed by atoms with Gasteiger partial charge in [-0.25, -0.2) is 0 Å². The molecule has 0 bridgehead atoms. The Morgan fingerprint density at radius 3 is 2.87 bits per heavy atom. The van der Waals surface area contributed by atoms with E-state index in [1.54, 1.807) is 7.11 Å². The summed E-state index contributed by atoms with van der Waals surface area (Å²) in [6.45, 7) is 1.19. The summed E-state index contributed by atoms with van der Waals surface area (Å²) in [4.78, 5) is 12.2. The second-order valence-corrected chi connectivity index (χ2v) is 5.60. The van der Waals surface area contributed by atoms with Crippen LogP contribution in [0.25, 0.3) is 0 Å². The molecule has 0 saturated heterocycles. The molecule has 1 aliphatic heterocycles. The predicted molar refractivity (Wildman–Crippen MR) is 88.5 cm³/mol. The highest BCUT2D eigenvalue weighted by Crippen LogP contribution is 2.26. The molecule has 0 fully saturated rings. The normalized spacial score (nSPS) is 16.5. The monoisotopic (exact) mass is 311 g/mol. The molecule has 1 aliphatic rings. The Labute approximate surface area is 136 Å². The molecule has 2 aromatic carbocycles. The number of para-hydroxylation sites is 1. The molecule has 1 atom stereocenters. The second kappa shape index (κ2) is 7.29. The van der Waals surface area contributed by atoms with Crippen molar-refractivity contribution in [2.45, 2.75) is 18.9 Å². The summed E-state index contributed by atoms with van der Waals surface area (Å²) >= 11 is 0. The average Bonchev–Trinajstić information content (AvgIpc) is 2.60. The number of methoxy groups -OCH3 is 1. The van der Waals surface area contributed by atoms with Crippen LogP contribution in [0.15, 0.2) is 48.5 Å². The van der Waals surface area contributed by atoms with Crippen LogP contribution in [-0.4, -0.2) is 26.2 Å². The lowest BCUT2D eigenvalue weighted by Crippen LogP contribution is -2.32. The Hall–Kier alpha value is -2.33. The van der Waals surface area contributed by atoms with Crippen LogP contribution in [0.3, 0.4) is 0 Å². The van der Waals surface area contributed by atoms with E-state index < -0.39 is 0 Å². The van der Waals surface area contributed by atoms with E-state index in [-0.39, 0.29) is 12.0 Å². The van der Waals surface area contributed by atoms with Crippen molar-refractivity contribution < 1.29 is 14.3 Å². The molecule has 0 radical (unpaired) electrons. The summed E-state index contributed by atoms with van der Waals surface area (Å²) in [5.41, 5.74) is 3.37. The standard InChI is InChI=1S/C19H21NO3/c1-22-17-9-5-3-7-15(17)12-19(21)20-13-18-16-8-4-2-6-14(16)10-11-23-18/h2-9,18H,10-13H2,1H3,(H,20,21). The SMILES string of the molecule is COc1ccccc1CC(=O)NCC1OCCc2ccccc21. The molecule has 4 nitrogen and oxygen atoms in total. The summed E-state index contributed by atoms with van der Waals surface area (Å²) in [6.07, 6.45) is 1.17. The van der Waals surface area contributed by atoms with E-state index in [0.29, 0.717) is 19.6 Å². The molecular formula is C19H21NO3. The predicted octanol–water partition coefficient (Wildman–Crippen LogP) is 2.67. The first-order valence-electron chi connectivity index (χ1n) is 7.86. The number of hydrogen-bond donors (Lipinski definition) is 1. The van der Waals surface area contributed by atoms with Crippen molar-refractivity contribution in [2.75, 3.05) is 20.3 Å². The molecule has 3 rings (SSSR count). The summed E-state index contributed by atoms with van der Waals surface area (Å²) in [7, 11) is 1.61. The van der Waals surface area contributed by atoms with Gasteiger partial charge in [0.2, 0.25) is 5.91 Å². The van der Waals surface area contributed by atoms with Crippen molar-refractivity contribution in [3.8, 4) is 5.75 Å². The van der Waals surface area contributed by atoms with E-state index in [1.165, 1.54) is 11.1 Å². The zero-order valence-corrected chi connectivity index (χ0v) is 13.2. The first kappa shape index (κ1) is 15.6. The van der Waals surface area contributed by atoms with E-state index in [1.807, 2.05) is 36.4 Å². The van der Waals surface area contributed by atoms with Gasteiger partial charge in [-0.3, -0.25) is 4.79 Å². The van der Waals surface area contributed by atoms with Gasteiger partial charge in [0.15, 0.2) is 0 Å². The topological polar surface area (TPSA) is 47.6 Å². The first-order valence-corrected chi connectivity index (χ1v) is 7.86. The lowest BCUT2D eigenvalue weighted by atomic mass is 9.97. The minimum absolute atomic E-state index is 0.0267. The number of ether oxygens (including phenoxy) is 2. The molecule has 1 unspecified atom stereocenters. The van der Waals surface area contributed by atoms with Crippen molar-refractivity contribution >= 4 is 5.91 Å². The number of benzene rings is 2. The smallest absolute Gasteiger partial charge is 0.224 e. The largest absolute Gasteiger partial charge is 0.496 e. The molecule has 0 saturated carbocycles. The quantitative estimate of drug-likeness (QED) is 0.923. The maximum atomic E-state index is 12.2. The number of hydrogen-bond acceptors (Lipinski definition) is 3. The minimum atomic E-state index is -0.0680. The van der Waals surface area contributed by atoms with Gasteiger partial charge in [0.25, 0.3) is 0 Å². The van der Waals surface area contributed by atoms with Crippen molar-refractivity contribution in [2.24, 2.45) is 0 Å². The van der Waals surface area contributed by atoms with E-state index in [0.717, 1.165) is 17.7 Å². The summed E-state index contributed by atoms with van der Waals surface area (Å²) < 4.78 is 11.1. The van der Waals surface area contributed by atoms with Crippen LogP contribution in [0.4, 0.5) is 0 Å². The Kier molecular flexibility index (Phi) is 4.93. The Morgan fingerprint density at radius 1 is 1.22 bits per heavy atom.